The minimum absolute atomic E-state index is 0.0200. The Kier molecular flexibility index (Phi) is 5.58. The van der Waals surface area contributed by atoms with Crippen molar-refractivity contribution in [3.8, 4) is 0 Å². The molecule has 2 heterocycles. The van der Waals surface area contributed by atoms with Crippen molar-refractivity contribution < 1.29 is 4.79 Å². The van der Waals surface area contributed by atoms with Crippen LogP contribution < -0.4 is 0 Å². The molecule has 0 N–H and O–H groups in total. The lowest BCUT2D eigenvalue weighted by molar-refractivity contribution is -0.134. The first-order chi connectivity index (χ1) is 13.6. The fourth-order valence-corrected chi connectivity index (χ4v) is 4.17. The Morgan fingerprint density at radius 2 is 1.75 bits per heavy atom. The Balaban J connectivity index is 1.60. The standard InChI is InChI=1S/C24H29N3O/c1-18-9-11-20(12-10-18)23-16-22(21-8-6-7-19(2)15-21)25-27(23)24(28)17-26-13-4-3-5-14-26/h6-12,15,23H,3-5,13-14,16-17H2,1-2H3/t23-/m0/s1. The summed E-state index contributed by atoms with van der Waals surface area (Å²) in [7, 11) is 0. The molecule has 1 saturated heterocycles. The van der Waals surface area contributed by atoms with Gasteiger partial charge in [0.05, 0.1) is 18.3 Å². The zero-order valence-electron chi connectivity index (χ0n) is 16.9. The van der Waals surface area contributed by atoms with E-state index in [1.165, 1.54) is 30.4 Å². The third-order valence-corrected chi connectivity index (χ3v) is 5.79. The van der Waals surface area contributed by atoms with E-state index in [1.807, 2.05) is 0 Å². The smallest absolute Gasteiger partial charge is 0.257 e. The highest BCUT2D eigenvalue weighted by molar-refractivity contribution is 6.03. The minimum Gasteiger partial charge on any atom is -0.294 e. The number of likely N-dealkylation sites (tertiary alicyclic amines) is 1. The van der Waals surface area contributed by atoms with Gasteiger partial charge in [-0.1, -0.05) is 66.1 Å². The van der Waals surface area contributed by atoms with Gasteiger partial charge in [-0.25, -0.2) is 5.01 Å². The van der Waals surface area contributed by atoms with Crippen molar-refractivity contribution in [2.75, 3.05) is 19.6 Å². The topological polar surface area (TPSA) is 35.9 Å². The molecule has 0 spiro atoms. The van der Waals surface area contributed by atoms with Crippen molar-refractivity contribution in [1.82, 2.24) is 9.91 Å². The molecule has 0 bridgehead atoms. The monoisotopic (exact) mass is 375 g/mol. The Labute approximate surface area is 167 Å². The van der Waals surface area contributed by atoms with Crippen LogP contribution in [0.15, 0.2) is 53.6 Å². The fourth-order valence-electron chi connectivity index (χ4n) is 4.17. The molecule has 0 aliphatic carbocycles. The summed E-state index contributed by atoms with van der Waals surface area (Å²) in [6.07, 6.45) is 4.41. The van der Waals surface area contributed by atoms with E-state index < -0.39 is 0 Å². The highest BCUT2D eigenvalue weighted by atomic mass is 16.2. The summed E-state index contributed by atoms with van der Waals surface area (Å²) in [6.45, 7) is 6.68. The number of piperidine rings is 1. The van der Waals surface area contributed by atoms with Crippen molar-refractivity contribution in [2.45, 2.75) is 45.6 Å². The number of hydrogen-bond acceptors (Lipinski definition) is 3. The molecule has 0 aromatic heterocycles. The van der Waals surface area contributed by atoms with Crippen LogP contribution in [-0.4, -0.2) is 41.2 Å². The first-order valence-corrected chi connectivity index (χ1v) is 10.4. The lowest BCUT2D eigenvalue weighted by atomic mass is 9.97. The lowest BCUT2D eigenvalue weighted by Gasteiger charge is -2.29. The number of aryl methyl sites for hydroxylation is 2. The lowest BCUT2D eigenvalue weighted by Crippen LogP contribution is -2.40. The molecule has 146 valence electrons. The zero-order valence-corrected chi connectivity index (χ0v) is 16.9. The van der Waals surface area contributed by atoms with Gasteiger partial charge in [-0.15, -0.1) is 0 Å². The van der Waals surface area contributed by atoms with Crippen LogP contribution in [0.2, 0.25) is 0 Å². The van der Waals surface area contributed by atoms with Gasteiger partial charge in [0.1, 0.15) is 0 Å². The van der Waals surface area contributed by atoms with Gasteiger partial charge >= 0.3 is 0 Å². The molecule has 4 nitrogen and oxygen atoms in total. The average Bonchev–Trinajstić information content (AvgIpc) is 3.15. The summed E-state index contributed by atoms with van der Waals surface area (Å²) in [5.41, 5.74) is 5.72. The van der Waals surface area contributed by atoms with E-state index in [2.05, 4.69) is 67.3 Å². The summed E-state index contributed by atoms with van der Waals surface area (Å²) < 4.78 is 0. The maximum absolute atomic E-state index is 13.2. The number of rotatable bonds is 4. The van der Waals surface area contributed by atoms with Crippen molar-refractivity contribution in [3.63, 3.8) is 0 Å². The molecule has 2 aliphatic rings. The second kappa shape index (κ2) is 8.27. The van der Waals surface area contributed by atoms with E-state index in [4.69, 9.17) is 5.10 Å². The maximum atomic E-state index is 13.2. The second-order valence-electron chi connectivity index (χ2n) is 8.12. The van der Waals surface area contributed by atoms with Gasteiger partial charge in [-0.05, 0) is 50.9 Å². The molecule has 28 heavy (non-hydrogen) atoms. The molecular formula is C24H29N3O. The Hall–Kier alpha value is -2.46. The molecule has 1 amide bonds. The van der Waals surface area contributed by atoms with Gasteiger partial charge in [0, 0.05) is 6.42 Å². The number of nitrogens with zero attached hydrogens (tertiary/aromatic N) is 3. The normalized spacial score (nSPS) is 20.3. The van der Waals surface area contributed by atoms with Gasteiger partial charge in [-0.3, -0.25) is 9.69 Å². The summed E-state index contributed by atoms with van der Waals surface area (Å²) in [5.74, 6) is 0.107. The van der Waals surface area contributed by atoms with Crippen molar-refractivity contribution >= 4 is 11.6 Å². The molecule has 2 aromatic carbocycles. The molecule has 0 unspecified atom stereocenters. The molecule has 0 radical (unpaired) electrons. The minimum atomic E-state index is -0.0200. The van der Waals surface area contributed by atoms with Crippen molar-refractivity contribution in [2.24, 2.45) is 5.10 Å². The largest absolute Gasteiger partial charge is 0.294 e. The van der Waals surface area contributed by atoms with Crippen LogP contribution in [0, 0.1) is 13.8 Å². The zero-order chi connectivity index (χ0) is 19.5. The predicted molar refractivity (Wildman–Crippen MR) is 113 cm³/mol. The van der Waals surface area contributed by atoms with E-state index in [1.54, 1.807) is 5.01 Å². The average molecular weight is 376 g/mol. The molecular weight excluding hydrogens is 346 g/mol. The Morgan fingerprint density at radius 3 is 2.46 bits per heavy atom. The summed E-state index contributed by atoms with van der Waals surface area (Å²) in [6, 6.07) is 16.9. The molecule has 1 atom stereocenters. The fraction of sp³-hybridized carbons (Fsp3) is 0.417. The number of hydrogen-bond donors (Lipinski definition) is 0. The summed E-state index contributed by atoms with van der Waals surface area (Å²) in [5, 5.41) is 6.57. The molecule has 0 saturated carbocycles. The Bertz CT molecular complexity index is 866. The molecule has 4 rings (SSSR count). The summed E-state index contributed by atoms with van der Waals surface area (Å²) >= 11 is 0. The van der Waals surface area contributed by atoms with E-state index in [0.717, 1.165) is 36.3 Å². The highest BCUT2D eigenvalue weighted by Crippen LogP contribution is 2.33. The van der Waals surface area contributed by atoms with Crippen molar-refractivity contribution in [3.05, 3.63) is 70.8 Å². The number of amides is 1. The van der Waals surface area contributed by atoms with Gasteiger partial charge < -0.3 is 0 Å². The second-order valence-corrected chi connectivity index (χ2v) is 8.12. The van der Waals surface area contributed by atoms with Crippen LogP contribution in [0.4, 0.5) is 0 Å². The first-order valence-electron chi connectivity index (χ1n) is 10.4. The quantitative estimate of drug-likeness (QED) is 0.791. The molecule has 2 aliphatic heterocycles. The highest BCUT2D eigenvalue weighted by Gasteiger charge is 2.33. The third-order valence-electron chi connectivity index (χ3n) is 5.79. The van der Waals surface area contributed by atoms with E-state index >= 15 is 0 Å². The maximum Gasteiger partial charge on any atom is 0.257 e. The van der Waals surface area contributed by atoms with Gasteiger partial charge in [0.25, 0.3) is 5.91 Å². The van der Waals surface area contributed by atoms with E-state index in [9.17, 15) is 4.79 Å². The summed E-state index contributed by atoms with van der Waals surface area (Å²) in [4.78, 5) is 15.5. The van der Waals surface area contributed by atoms with Crippen molar-refractivity contribution in [1.29, 1.82) is 0 Å². The first kappa shape index (κ1) is 18.9. The van der Waals surface area contributed by atoms with E-state index in [0.29, 0.717) is 6.54 Å². The van der Waals surface area contributed by atoms with Gasteiger partial charge in [0.2, 0.25) is 0 Å². The SMILES string of the molecule is Cc1ccc([C@@H]2CC(c3cccc(C)c3)=NN2C(=O)CN2CCCCC2)cc1. The number of carbonyl (C=O) groups is 1. The predicted octanol–water partition coefficient (Wildman–Crippen LogP) is 4.47. The van der Waals surface area contributed by atoms with Crippen LogP contribution in [0.5, 0.6) is 0 Å². The molecule has 4 heteroatoms. The van der Waals surface area contributed by atoms with Crippen LogP contribution in [0.3, 0.4) is 0 Å². The number of carbonyl (C=O) groups excluding carboxylic acids is 1. The third kappa shape index (κ3) is 4.17. The molecule has 2 aromatic rings. The van der Waals surface area contributed by atoms with Gasteiger partial charge in [0.15, 0.2) is 0 Å². The molecule has 1 fully saturated rings. The number of hydrazone groups is 1. The van der Waals surface area contributed by atoms with Crippen LogP contribution in [0.25, 0.3) is 0 Å². The van der Waals surface area contributed by atoms with Crippen LogP contribution in [0.1, 0.15) is 54.0 Å². The van der Waals surface area contributed by atoms with E-state index in [-0.39, 0.29) is 11.9 Å². The number of benzene rings is 2. The van der Waals surface area contributed by atoms with Crippen LogP contribution >= 0.6 is 0 Å². The Morgan fingerprint density at radius 1 is 1.00 bits per heavy atom. The van der Waals surface area contributed by atoms with Crippen LogP contribution in [-0.2, 0) is 4.79 Å². The van der Waals surface area contributed by atoms with Gasteiger partial charge in [-0.2, -0.15) is 5.10 Å².